The van der Waals surface area contributed by atoms with E-state index < -0.39 is 0 Å². The summed E-state index contributed by atoms with van der Waals surface area (Å²) in [7, 11) is 1.69. The second kappa shape index (κ2) is 4.98. The van der Waals surface area contributed by atoms with Gasteiger partial charge in [0.15, 0.2) is 11.5 Å². The fraction of sp³-hybridized carbons (Fsp3) is 0.600. The summed E-state index contributed by atoms with van der Waals surface area (Å²) in [6, 6.07) is 4.08. The van der Waals surface area contributed by atoms with Crippen LogP contribution < -0.4 is 15.2 Å². The van der Waals surface area contributed by atoms with Crippen molar-refractivity contribution < 1.29 is 9.47 Å². The van der Waals surface area contributed by atoms with Crippen molar-refractivity contribution >= 4 is 15.9 Å². The molecule has 2 N–H and O–H groups in total. The number of ether oxygens (including phenoxy) is 2. The first-order chi connectivity index (χ1) is 9.09. The van der Waals surface area contributed by atoms with Gasteiger partial charge >= 0.3 is 0 Å². The van der Waals surface area contributed by atoms with Crippen LogP contribution in [0.15, 0.2) is 16.6 Å². The molecule has 0 saturated heterocycles. The summed E-state index contributed by atoms with van der Waals surface area (Å²) in [6.45, 7) is 0. The first-order valence-corrected chi connectivity index (χ1v) is 7.71. The van der Waals surface area contributed by atoms with E-state index in [9.17, 15) is 0 Å². The average Bonchev–Trinajstić information content (AvgIpc) is 3.02. The molecule has 2 fully saturated rings. The molecule has 2 aliphatic rings. The van der Waals surface area contributed by atoms with Gasteiger partial charge in [-0.1, -0.05) is 15.9 Å². The zero-order valence-corrected chi connectivity index (χ0v) is 12.8. The van der Waals surface area contributed by atoms with Crippen LogP contribution in [0.25, 0.3) is 0 Å². The summed E-state index contributed by atoms with van der Waals surface area (Å²) in [5.41, 5.74) is 7.40. The second-order valence-electron chi connectivity index (χ2n) is 5.81. The number of nitrogens with two attached hydrogens (primary N) is 1. The number of benzene rings is 1. The van der Waals surface area contributed by atoms with Gasteiger partial charge in [-0.2, -0.15) is 0 Å². The van der Waals surface area contributed by atoms with Crippen molar-refractivity contribution in [3.8, 4) is 11.5 Å². The molecule has 1 aromatic carbocycles. The van der Waals surface area contributed by atoms with Gasteiger partial charge in [0.1, 0.15) is 0 Å². The third kappa shape index (κ3) is 2.90. The quantitative estimate of drug-likeness (QED) is 0.902. The highest BCUT2D eigenvalue weighted by molar-refractivity contribution is 9.10. The zero-order valence-electron chi connectivity index (χ0n) is 11.2. The largest absolute Gasteiger partial charge is 0.493 e. The second-order valence-corrected chi connectivity index (χ2v) is 6.72. The van der Waals surface area contributed by atoms with Crippen LogP contribution in [0.4, 0.5) is 0 Å². The van der Waals surface area contributed by atoms with Gasteiger partial charge in [-0.25, -0.2) is 0 Å². The van der Waals surface area contributed by atoms with E-state index in [-0.39, 0.29) is 5.54 Å². The van der Waals surface area contributed by atoms with Crippen molar-refractivity contribution in [3.63, 3.8) is 0 Å². The molecule has 0 atom stereocenters. The standard InChI is InChI=1S/C15H20BrNO2/c1-18-13-8-11(16)7-10(9-15(17)5-6-15)14(13)19-12-3-2-4-12/h7-8,12H,2-6,9,17H2,1H3. The van der Waals surface area contributed by atoms with Gasteiger partial charge < -0.3 is 15.2 Å². The van der Waals surface area contributed by atoms with Gasteiger partial charge in [0.05, 0.1) is 13.2 Å². The number of hydrogen-bond acceptors (Lipinski definition) is 3. The lowest BCUT2D eigenvalue weighted by Gasteiger charge is -2.29. The van der Waals surface area contributed by atoms with Gasteiger partial charge in [-0.15, -0.1) is 0 Å². The summed E-state index contributed by atoms with van der Waals surface area (Å²) >= 11 is 3.54. The monoisotopic (exact) mass is 325 g/mol. The van der Waals surface area contributed by atoms with Crippen LogP contribution in [-0.4, -0.2) is 18.8 Å². The van der Waals surface area contributed by atoms with Crippen molar-refractivity contribution in [3.05, 3.63) is 22.2 Å². The van der Waals surface area contributed by atoms with Crippen LogP contribution in [0.3, 0.4) is 0 Å². The van der Waals surface area contributed by atoms with Crippen molar-refractivity contribution in [1.29, 1.82) is 0 Å². The molecule has 0 spiro atoms. The maximum atomic E-state index is 6.25. The molecule has 3 rings (SSSR count). The topological polar surface area (TPSA) is 44.5 Å². The molecule has 0 aromatic heterocycles. The third-order valence-electron chi connectivity index (χ3n) is 4.09. The number of hydrogen-bond donors (Lipinski definition) is 1. The van der Waals surface area contributed by atoms with Crippen molar-refractivity contribution in [2.75, 3.05) is 7.11 Å². The molecule has 2 saturated carbocycles. The fourth-order valence-electron chi connectivity index (χ4n) is 2.41. The lowest BCUT2D eigenvalue weighted by atomic mass is 9.95. The summed E-state index contributed by atoms with van der Waals surface area (Å²) in [5, 5.41) is 0. The van der Waals surface area contributed by atoms with Gasteiger partial charge in [-0.3, -0.25) is 0 Å². The Kier molecular flexibility index (Phi) is 3.48. The third-order valence-corrected chi connectivity index (χ3v) is 4.55. The Morgan fingerprint density at radius 2 is 2.11 bits per heavy atom. The van der Waals surface area contributed by atoms with Crippen LogP contribution >= 0.6 is 15.9 Å². The van der Waals surface area contributed by atoms with E-state index in [1.807, 2.05) is 6.07 Å². The molecule has 0 unspecified atom stereocenters. The van der Waals surface area contributed by atoms with E-state index in [2.05, 4.69) is 22.0 Å². The fourth-order valence-corrected chi connectivity index (χ4v) is 2.90. The molecule has 0 amide bonds. The van der Waals surface area contributed by atoms with Gasteiger partial charge in [0.2, 0.25) is 0 Å². The van der Waals surface area contributed by atoms with E-state index in [0.29, 0.717) is 6.10 Å². The summed E-state index contributed by atoms with van der Waals surface area (Å²) in [4.78, 5) is 0. The Labute approximate surface area is 122 Å². The highest BCUT2D eigenvalue weighted by Crippen LogP contribution is 2.43. The van der Waals surface area contributed by atoms with Crippen LogP contribution in [0.2, 0.25) is 0 Å². The predicted octanol–water partition coefficient (Wildman–Crippen LogP) is 3.42. The van der Waals surface area contributed by atoms with Crippen LogP contribution in [0.5, 0.6) is 11.5 Å². The van der Waals surface area contributed by atoms with E-state index in [1.165, 1.54) is 6.42 Å². The van der Waals surface area contributed by atoms with Crippen molar-refractivity contribution in [2.24, 2.45) is 5.73 Å². The summed E-state index contributed by atoms with van der Waals surface area (Å²) in [6.07, 6.45) is 6.97. The number of rotatable bonds is 5. The smallest absolute Gasteiger partial charge is 0.164 e. The minimum absolute atomic E-state index is 0.0243. The minimum atomic E-state index is -0.0243. The lowest BCUT2D eigenvalue weighted by molar-refractivity contribution is 0.114. The molecule has 4 heteroatoms. The minimum Gasteiger partial charge on any atom is -0.493 e. The molecular formula is C15H20BrNO2. The highest BCUT2D eigenvalue weighted by atomic mass is 79.9. The highest BCUT2D eigenvalue weighted by Gasteiger charge is 2.39. The van der Waals surface area contributed by atoms with E-state index in [4.69, 9.17) is 15.2 Å². The predicted molar refractivity (Wildman–Crippen MR) is 78.8 cm³/mol. The summed E-state index contributed by atoms with van der Waals surface area (Å²) in [5.74, 6) is 1.70. The van der Waals surface area contributed by atoms with Crippen LogP contribution in [0, 0.1) is 0 Å². The van der Waals surface area contributed by atoms with Gasteiger partial charge in [0, 0.05) is 15.6 Å². The molecule has 3 nitrogen and oxygen atoms in total. The Hall–Kier alpha value is -0.740. The number of halogens is 1. The molecule has 2 aliphatic carbocycles. The van der Waals surface area contributed by atoms with Crippen LogP contribution in [0.1, 0.15) is 37.7 Å². The van der Waals surface area contributed by atoms with E-state index in [0.717, 1.165) is 53.6 Å². The summed E-state index contributed by atoms with van der Waals surface area (Å²) < 4.78 is 12.6. The molecule has 104 valence electrons. The number of methoxy groups -OCH3 is 1. The molecule has 0 aliphatic heterocycles. The SMILES string of the molecule is COc1cc(Br)cc(CC2(N)CC2)c1OC1CCC1. The molecule has 0 bridgehead atoms. The Bertz CT molecular complexity index is 481. The van der Waals surface area contributed by atoms with E-state index in [1.54, 1.807) is 7.11 Å². The average molecular weight is 326 g/mol. The van der Waals surface area contributed by atoms with Gasteiger partial charge in [-0.05, 0) is 50.7 Å². The molecular weight excluding hydrogens is 306 g/mol. The normalized spacial score (nSPS) is 20.8. The van der Waals surface area contributed by atoms with Gasteiger partial charge in [0.25, 0.3) is 0 Å². The molecule has 0 radical (unpaired) electrons. The van der Waals surface area contributed by atoms with E-state index >= 15 is 0 Å². The Morgan fingerprint density at radius 3 is 2.63 bits per heavy atom. The Morgan fingerprint density at radius 1 is 1.37 bits per heavy atom. The van der Waals surface area contributed by atoms with Crippen LogP contribution in [-0.2, 0) is 6.42 Å². The first-order valence-electron chi connectivity index (χ1n) is 6.92. The van der Waals surface area contributed by atoms with Crippen molar-refractivity contribution in [1.82, 2.24) is 0 Å². The zero-order chi connectivity index (χ0) is 13.5. The molecule has 19 heavy (non-hydrogen) atoms. The molecule has 1 aromatic rings. The maximum absolute atomic E-state index is 6.25. The first kappa shape index (κ1) is 13.3. The lowest BCUT2D eigenvalue weighted by Crippen LogP contribution is -2.28. The Balaban J connectivity index is 1.90. The maximum Gasteiger partial charge on any atom is 0.164 e. The van der Waals surface area contributed by atoms with Crippen molar-refractivity contribution in [2.45, 2.75) is 50.2 Å². The molecule has 0 heterocycles.